The predicted octanol–water partition coefficient (Wildman–Crippen LogP) is 3.89. The van der Waals surface area contributed by atoms with E-state index in [1.807, 2.05) is 6.07 Å². The number of hydrogen-bond acceptors (Lipinski definition) is 2. The second-order valence-electron chi connectivity index (χ2n) is 6.28. The summed E-state index contributed by atoms with van der Waals surface area (Å²) in [5, 5.41) is 13.5. The second kappa shape index (κ2) is 5.19. The Bertz CT molecular complexity index is 660. The van der Waals surface area contributed by atoms with Gasteiger partial charge in [0.25, 0.3) is 0 Å². The van der Waals surface area contributed by atoms with E-state index in [-0.39, 0.29) is 6.04 Å². The van der Waals surface area contributed by atoms with Crippen molar-refractivity contribution in [3.05, 3.63) is 64.7 Å². The maximum absolute atomic E-state index is 9.86. The van der Waals surface area contributed by atoms with Crippen LogP contribution in [0.1, 0.15) is 53.5 Å². The van der Waals surface area contributed by atoms with Crippen molar-refractivity contribution in [3.8, 4) is 5.75 Å². The first kappa shape index (κ1) is 12.9. The van der Waals surface area contributed by atoms with Gasteiger partial charge in [-0.1, -0.05) is 36.8 Å². The molecule has 4 rings (SSSR count). The molecule has 1 saturated carbocycles. The third-order valence-electron chi connectivity index (χ3n) is 5.04. The van der Waals surface area contributed by atoms with Crippen LogP contribution in [0.5, 0.6) is 5.75 Å². The van der Waals surface area contributed by atoms with Crippen molar-refractivity contribution in [3.63, 3.8) is 0 Å². The standard InChI is InChI=1S/C19H21NO/c21-15-9-8-14-10-11-20-19(18(14)12-15)17-7-2-1-6-16(17)13-4-3-5-13/h1-2,6-9,12-13,19-21H,3-5,10-11H2. The molecule has 1 heterocycles. The fourth-order valence-corrected chi connectivity index (χ4v) is 3.68. The minimum atomic E-state index is 0.220. The third-order valence-corrected chi connectivity index (χ3v) is 5.04. The van der Waals surface area contributed by atoms with Crippen molar-refractivity contribution < 1.29 is 5.11 Å². The molecule has 1 atom stereocenters. The van der Waals surface area contributed by atoms with E-state index in [9.17, 15) is 5.11 Å². The molecule has 108 valence electrons. The molecule has 2 aromatic carbocycles. The molecular weight excluding hydrogens is 258 g/mol. The van der Waals surface area contributed by atoms with Crippen LogP contribution in [0.2, 0.25) is 0 Å². The van der Waals surface area contributed by atoms with Crippen LogP contribution in [0.15, 0.2) is 42.5 Å². The minimum absolute atomic E-state index is 0.220. The van der Waals surface area contributed by atoms with Crippen LogP contribution in [-0.4, -0.2) is 11.7 Å². The lowest BCUT2D eigenvalue weighted by atomic mass is 9.75. The van der Waals surface area contributed by atoms with Gasteiger partial charge in [0, 0.05) is 6.54 Å². The Kier molecular flexibility index (Phi) is 3.19. The van der Waals surface area contributed by atoms with Crippen molar-refractivity contribution in [1.82, 2.24) is 5.32 Å². The summed E-state index contributed by atoms with van der Waals surface area (Å²) < 4.78 is 0. The minimum Gasteiger partial charge on any atom is -0.508 e. The third kappa shape index (κ3) is 2.24. The fraction of sp³-hybridized carbons (Fsp3) is 0.368. The SMILES string of the molecule is Oc1ccc2c(c1)C(c1ccccc1C1CCC1)NCC2. The number of hydrogen-bond donors (Lipinski definition) is 2. The highest BCUT2D eigenvalue weighted by Crippen LogP contribution is 2.41. The Morgan fingerprint density at radius 1 is 0.952 bits per heavy atom. The van der Waals surface area contributed by atoms with Gasteiger partial charge in [0.1, 0.15) is 5.75 Å². The van der Waals surface area contributed by atoms with Crippen LogP contribution in [0.3, 0.4) is 0 Å². The molecule has 2 heteroatoms. The van der Waals surface area contributed by atoms with Crippen LogP contribution < -0.4 is 5.32 Å². The smallest absolute Gasteiger partial charge is 0.115 e. The molecule has 21 heavy (non-hydrogen) atoms. The largest absolute Gasteiger partial charge is 0.508 e. The maximum Gasteiger partial charge on any atom is 0.115 e. The number of phenolic OH excluding ortho intramolecular Hbond substituents is 1. The van der Waals surface area contributed by atoms with Gasteiger partial charge in [0.15, 0.2) is 0 Å². The lowest BCUT2D eigenvalue weighted by Gasteiger charge is -2.33. The van der Waals surface area contributed by atoms with Gasteiger partial charge in [0.05, 0.1) is 6.04 Å². The first-order valence-electron chi connectivity index (χ1n) is 7.97. The van der Waals surface area contributed by atoms with Crippen LogP contribution >= 0.6 is 0 Å². The Morgan fingerprint density at radius 3 is 2.52 bits per heavy atom. The molecule has 2 nitrogen and oxygen atoms in total. The quantitative estimate of drug-likeness (QED) is 0.874. The fourth-order valence-electron chi connectivity index (χ4n) is 3.68. The molecule has 1 unspecified atom stereocenters. The van der Waals surface area contributed by atoms with Crippen LogP contribution in [0, 0.1) is 0 Å². The molecule has 0 spiro atoms. The van der Waals surface area contributed by atoms with Gasteiger partial charge < -0.3 is 10.4 Å². The summed E-state index contributed by atoms with van der Waals surface area (Å²) in [5.74, 6) is 1.09. The molecule has 1 fully saturated rings. The maximum atomic E-state index is 9.86. The van der Waals surface area contributed by atoms with Crippen molar-refractivity contribution in [1.29, 1.82) is 0 Å². The van der Waals surface area contributed by atoms with E-state index in [0.29, 0.717) is 5.75 Å². The van der Waals surface area contributed by atoms with Crippen molar-refractivity contribution in [2.24, 2.45) is 0 Å². The van der Waals surface area contributed by atoms with Crippen LogP contribution in [-0.2, 0) is 6.42 Å². The zero-order chi connectivity index (χ0) is 14.2. The monoisotopic (exact) mass is 279 g/mol. The molecule has 2 N–H and O–H groups in total. The highest BCUT2D eigenvalue weighted by atomic mass is 16.3. The summed E-state index contributed by atoms with van der Waals surface area (Å²) >= 11 is 0. The summed E-state index contributed by atoms with van der Waals surface area (Å²) in [6, 6.07) is 14.9. The number of phenols is 1. The summed E-state index contributed by atoms with van der Waals surface area (Å²) in [6.07, 6.45) is 5.03. The van der Waals surface area contributed by atoms with Crippen molar-refractivity contribution in [2.45, 2.75) is 37.6 Å². The van der Waals surface area contributed by atoms with E-state index in [1.54, 1.807) is 6.07 Å². The molecule has 0 saturated heterocycles. The average molecular weight is 279 g/mol. The van der Waals surface area contributed by atoms with Crippen molar-refractivity contribution in [2.75, 3.05) is 6.54 Å². The zero-order valence-electron chi connectivity index (χ0n) is 12.2. The molecule has 2 aromatic rings. The van der Waals surface area contributed by atoms with Gasteiger partial charge in [0.2, 0.25) is 0 Å². The Morgan fingerprint density at radius 2 is 1.76 bits per heavy atom. The molecule has 0 amide bonds. The second-order valence-corrected chi connectivity index (χ2v) is 6.28. The first-order valence-corrected chi connectivity index (χ1v) is 7.97. The number of rotatable bonds is 2. The van der Waals surface area contributed by atoms with Gasteiger partial charge in [-0.2, -0.15) is 0 Å². The molecule has 0 aromatic heterocycles. The molecule has 1 aliphatic carbocycles. The Hall–Kier alpha value is -1.80. The van der Waals surface area contributed by atoms with E-state index in [0.717, 1.165) is 18.9 Å². The van der Waals surface area contributed by atoms with Crippen LogP contribution in [0.25, 0.3) is 0 Å². The predicted molar refractivity (Wildman–Crippen MR) is 84.7 cm³/mol. The van der Waals surface area contributed by atoms with E-state index < -0.39 is 0 Å². The first-order chi connectivity index (χ1) is 10.3. The molecular formula is C19H21NO. The number of aromatic hydroxyl groups is 1. The topological polar surface area (TPSA) is 32.3 Å². The number of benzene rings is 2. The summed E-state index contributed by atoms with van der Waals surface area (Å²) in [7, 11) is 0. The van der Waals surface area contributed by atoms with Gasteiger partial charge in [-0.25, -0.2) is 0 Å². The number of nitrogens with one attached hydrogen (secondary N) is 1. The van der Waals surface area contributed by atoms with Crippen LogP contribution in [0.4, 0.5) is 0 Å². The summed E-state index contributed by atoms with van der Waals surface area (Å²) in [6.45, 7) is 1.00. The van der Waals surface area contributed by atoms with E-state index in [2.05, 4.69) is 35.6 Å². The highest BCUT2D eigenvalue weighted by molar-refractivity contribution is 5.46. The van der Waals surface area contributed by atoms with Crippen molar-refractivity contribution >= 4 is 0 Å². The van der Waals surface area contributed by atoms with E-state index in [4.69, 9.17) is 0 Å². The Balaban J connectivity index is 1.80. The number of fused-ring (bicyclic) bond motifs is 1. The molecule has 0 radical (unpaired) electrons. The van der Waals surface area contributed by atoms with E-state index in [1.165, 1.54) is 41.5 Å². The van der Waals surface area contributed by atoms with Gasteiger partial charge >= 0.3 is 0 Å². The lowest BCUT2D eigenvalue weighted by Crippen LogP contribution is -2.31. The highest BCUT2D eigenvalue weighted by Gasteiger charge is 2.28. The zero-order valence-corrected chi connectivity index (χ0v) is 12.2. The van der Waals surface area contributed by atoms with E-state index >= 15 is 0 Å². The van der Waals surface area contributed by atoms with Gasteiger partial charge in [-0.05, 0) is 59.6 Å². The normalized spacial score (nSPS) is 21.6. The van der Waals surface area contributed by atoms with Gasteiger partial charge in [-0.3, -0.25) is 0 Å². The Labute approximate surface area is 125 Å². The average Bonchev–Trinajstić information content (AvgIpc) is 2.46. The molecule has 2 aliphatic rings. The van der Waals surface area contributed by atoms with Gasteiger partial charge in [-0.15, -0.1) is 0 Å². The molecule has 1 aliphatic heterocycles. The molecule has 0 bridgehead atoms. The summed E-state index contributed by atoms with van der Waals surface area (Å²) in [5.41, 5.74) is 5.50. The summed E-state index contributed by atoms with van der Waals surface area (Å²) in [4.78, 5) is 0. The lowest BCUT2D eigenvalue weighted by molar-refractivity contribution is 0.413.